The topological polar surface area (TPSA) is 0 Å². The Balaban J connectivity index is 2.85. The second-order valence-electron chi connectivity index (χ2n) is 2.63. The molecule has 0 spiro atoms. The number of benzene rings is 1. The Bertz CT molecular complexity index is 452. The molecule has 0 unspecified atom stereocenters. The molecule has 1 heterocycles. The average molecular weight is 280 g/mol. The Morgan fingerprint density at radius 1 is 1.46 bits per heavy atom. The summed E-state index contributed by atoms with van der Waals surface area (Å²) >= 11 is 10.5. The van der Waals surface area contributed by atoms with Gasteiger partial charge in [-0.15, -0.1) is 11.3 Å². The van der Waals surface area contributed by atoms with E-state index in [0.29, 0.717) is 10.7 Å². The van der Waals surface area contributed by atoms with E-state index in [1.807, 2.05) is 11.4 Å². The monoisotopic (exact) mass is 278 g/mol. The van der Waals surface area contributed by atoms with Gasteiger partial charge in [0.2, 0.25) is 0 Å². The number of halogens is 3. The van der Waals surface area contributed by atoms with Crippen molar-refractivity contribution in [2.24, 2.45) is 0 Å². The van der Waals surface area contributed by atoms with Crippen LogP contribution in [0.1, 0.15) is 5.56 Å². The number of alkyl halides is 1. The minimum absolute atomic E-state index is 0.188. The molecule has 0 saturated carbocycles. The molecule has 0 bridgehead atoms. The summed E-state index contributed by atoms with van der Waals surface area (Å²) in [7, 11) is 0. The number of fused-ring (bicyclic) bond motifs is 1. The van der Waals surface area contributed by atoms with Crippen LogP contribution in [0.25, 0.3) is 10.1 Å². The van der Waals surface area contributed by atoms with E-state index < -0.39 is 0 Å². The van der Waals surface area contributed by atoms with Gasteiger partial charge in [-0.05, 0) is 23.1 Å². The summed E-state index contributed by atoms with van der Waals surface area (Å²) in [6, 6.07) is 3.44. The van der Waals surface area contributed by atoms with Crippen LogP contribution in [-0.2, 0) is 5.33 Å². The van der Waals surface area contributed by atoms with Crippen molar-refractivity contribution in [3.05, 3.63) is 33.9 Å². The number of hydrogen-bond donors (Lipinski definition) is 0. The Morgan fingerprint density at radius 3 is 2.92 bits per heavy atom. The maximum Gasteiger partial charge on any atom is 0.150 e. The standard InChI is InChI=1S/C9H5BrClFS/c10-3-5-4-13-7-2-1-6(11)9(12)8(5)7/h1-2,4H,3H2. The van der Waals surface area contributed by atoms with Crippen molar-refractivity contribution in [2.75, 3.05) is 0 Å². The van der Waals surface area contributed by atoms with Gasteiger partial charge in [0.1, 0.15) is 0 Å². The first kappa shape index (κ1) is 9.44. The summed E-state index contributed by atoms with van der Waals surface area (Å²) in [5.41, 5.74) is 0.958. The molecule has 4 heteroatoms. The van der Waals surface area contributed by atoms with Crippen molar-refractivity contribution in [1.29, 1.82) is 0 Å². The molecule has 0 saturated heterocycles. The van der Waals surface area contributed by atoms with Gasteiger partial charge in [0.25, 0.3) is 0 Å². The second-order valence-corrected chi connectivity index (χ2v) is 4.51. The normalized spacial score (nSPS) is 11.0. The van der Waals surface area contributed by atoms with E-state index in [1.165, 1.54) is 11.3 Å². The Morgan fingerprint density at radius 2 is 2.23 bits per heavy atom. The van der Waals surface area contributed by atoms with Crippen molar-refractivity contribution < 1.29 is 4.39 Å². The van der Waals surface area contributed by atoms with Gasteiger partial charge >= 0.3 is 0 Å². The van der Waals surface area contributed by atoms with Gasteiger partial charge in [-0.1, -0.05) is 27.5 Å². The van der Waals surface area contributed by atoms with Crippen LogP contribution in [-0.4, -0.2) is 0 Å². The minimum atomic E-state index is -0.310. The van der Waals surface area contributed by atoms with E-state index in [1.54, 1.807) is 6.07 Å². The quantitative estimate of drug-likeness (QED) is 0.670. The molecule has 0 aliphatic heterocycles. The third-order valence-corrected chi connectivity index (χ3v) is 3.74. The highest BCUT2D eigenvalue weighted by Crippen LogP contribution is 2.32. The molecular weight excluding hydrogens is 275 g/mol. The fraction of sp³-hybridized carbons (Fsp3) is 0.111. The fourth-order valence-corrected chi connectivity index (χ4v) is 2.99. The maximum atomic E-state index is 13.5. The van der Waals surface area contributed by atoms with Crippen LogP contribution in [0.15, 0.2) is 17.5 Å². The molecule has 0 N–H and O–H groups in total. The highest BCUT2D eigenvalue weighted by Gasteiger charge is 2.10. The van der Waals surface area contributed by atoms with Gasteiger partial charge in [-0.3, -0.25) is 0 Å². The largest absolute Gasteiger partial charge is 0.205 e. The van der Waals surface area contributed by atoms with Crippen LogP contribution in [0.4, 0.5) is 4.39 Å². The predicted molar refractivity (Wildman–Crippen MR) is 59.4 cm³/mol. The molecule has 68 valence electrons. The minimum Gasteiger partial charge on any atom is -0.205 e. The third-order valence-electron chi connectivity index (χ3n) is 1.85. The van der Waals surface area contributed by atoms with E-state index in [-0.39, 0.29) is 10.8 Å². The van der Waals surface area contributed by atoms with Gasteiger partial charge in [0.05, 0.1) is 5.02 Å². The molecule has 0 nitrogen and oxygen atoms in total. The van der Waals surface area contributed by atoms with Crippen LogP contribution in [0.5, 0.6) is 0 Å². The fourth-order valence-electron chi connectivity index (χ4n) is 1.22. The van der Waals surface area contributed by atoms with Crippen LogP contribution in [0.3, 0.4) is 0 Å². The van der Waals surface area contributed by atoms with Crippen LogP contribution >= 0.6 is 38.9 Å². The molecule has 2 rings (SSSR count). The van der Waals surface area contributed by atoms with E-state index in [9.17, 15) is 4.39 Å². The summed E-state index contributed by atoms with van der Waals surface area (Å²) in [6.07, 6.45) is 0. The lowest BCUT2D eigenvalue weighted by molar-refractivity contribution is 0.640. The Hall–Kier alpha value is -0.120. The van der Waals surface area contributed by atoms with Crippen molar-refractivity contribution in [2.45, 2.75) is 5.33 Å². The smallest absolute Gasteiger partial charge is 0.150 e. The molecular formula is C9H5BrClFS. The van der Waals surface area contributed by atoms with Gasteiger partial charge in [0.15, 0.2) is 5.82 Å². The van der Waals surface area contributed by atoms with Crippen LogP contribution < -0.4 is 0 Å². The van der Waals surface area contributed by atoms with Gasteiger partial charge < -0.3 is 0 Å². The molecule has 0 fully saturated rings. The zero-order valence-corrected chi connectivity index (χ0v) is 9.64. The molecule has 0 amide bonds. The zero-order chi connectivity index (χ0) is 9.42. The number of hydrogen-bond acceptors (Lipinski definition) is 1. The first-order chi connectivity index (χ1) is 6.24. The summed E-state index contributed by atoms with van der Waals surface area (Å²) in [6.45, 7) is 0. The highest BCUT2D eigenvalue weighted by molar-refractivity contribution is 9.08. The van der Waals surface area contributed by atoms with Gasteiger partial charge in [0, 0.05) is 15.4 Å². The maximum absolute atomic E-state index is 13.5. The van der Waals surface area contributed by atoms with Crippen molar-refractivity contribution >= 4 is 49.0 Å². The molecule has 1 aromatic carbocycles. The number of thiophene rings is 1. The van der Waals surface area contributed by atoms with Crippen molar-refractivity contribution in [3.63, 3.8) is 0 Å². The highest BCUT2D eigenvalue weighted by atomic mass is 79.9. The lowest BCUT2D eigenvalue weighted by Crippen LogP contribution is -1.81. The first-order valence-corrected chi connectivity index (χ1v) is 6.02. The summed E-state index contributed by atoms with van der Waals surface area (Å²) in [5, 5.41) is 3.44. The SMILES string of the molecule is Fc1c(Cl)ccc2scc(CBr)c12. The molecule has 2 aromatic rings. The molecule has 0 aliphatic carbocycles. The van der Waals surface area contributed by atoms with Gasteiger partial charge in [-0.25, -0.2) is 4.39 Å². The second kappa shape index (κ2) is 3.56. The average Bonchev–Trinajstić information content (AvgIpc) is 2.55. The molecule has 0 radical (unpaired) electrons. The lowest BCUT2D eigenvalue weighted by atomic mass is 10.2. The van der Waals surface area contributed by atoms with Crippen molar-refractivity contribution in [1.82, 2.24) is 0 Å². The Kier molecular flexibility index (Phi) is 2.58. The third kappa shape index (κ3) is 1.49. The number of rotatable bonds is 1. The van der Waals surface area contributed by atoms with E-state index in [0.717, 1.165) is 10.3 Å². The summed E-state index contributed by atoms with van der Waals surface area (Å²) in [5.74, 6) is -0.310. The Labute approximate surface area is 92.5 Å². The molecule has 0 aliphatic rings. The van der Waals surface area contributed by atoms with Crippen LogP contribution in [0.2, 0.25) is 5.02 Å². The molecule has 1 aromatic heterocycles. The molecule has 0 atom stereocenters. The summed E-state index contributed by atoms with van der Waals surface area (Å²) < 4.78 is 14.5. The van der Waals surface area contributed by atoms with Gasteiger partial charge in [-0.2, -0.15) is 0 Å². The van der Waals surface area contributed by atoms with E-state index in [4.69, 9.17) is 11.6 Å². The predicted octanol–water partition coefficient (Wildman–Crippen LogP) is 4.59. The first-order valence-electron chi connectivity index (χ1n) is 3.64. The lowest BCUT2D eigenvalue weighted by Gasteiger charge is -1.97. The van der Waals surface area contributed by atoms with Crippen molar-refractivity contribution in [3.8, 4) is 0 Å². The zero-order valence-electron chi connectivity index (χ0n) is 6.48. The van der Waals surface area contributed by atoms with Crippen LogP contribution in [0, 0.1) is 5.82 Å². The summed E-state index contributed by atoms with van der Waals surface area (Å²) in [4.78, 5) is 0. The van der Waals surface area contributed by atoms with E-state index in [2.05, 4.69) is 15.9 Å². The molecule has 13 heavy (non-hydrogen) atoms. The van der Waals surface area contributed by atoms with E-state index >= 15 is 0 Å².